The average molecular weight is 388 g/mol. The monoisotopic (exact) mass is 388 g/mol. The standard InChI is InChI=1S/C21H25NO6/c1-22(9-11-2-3-11)7-6-19-15-12-4-5-13(23)16(15)28-17(19)20(26,18(24)25)10-21(19,27)14(22)8-12/h4-5,11,14,17,26-27H,2-3,6-10H2,1H3,(H-,23,24,25)/p+1/t14?,17-,19?,20?,21?,22?/m1/s1. The van der Waals surface area contributed by atoms with Crippen molar-refractivity contribution in [1.29, 1.82) is 0 Å². The Balaban J connectivity index is 1.62. The molecule has 5 unspecified atom stereocenters. The lowest BCUT2D eigenvalue weighted by Gasteiger charge is -2.60. The summed E-state index contributed by atoms with van der Waals surface area (Å²) < 4.78 is 6.68. The highest BCUT2D eigenvalue weighted by molar-refractivity contribution is 5.82. The van der Waals surface area contributed by atoms with Gasteiger partial charge < -0.3 is 29.6 Å². The Morgan fingerprint density at radius 1 is 1.32 bits per heavy atom. The van der Waals surface area contributed by atoms with Crippen LogP contribution < -0.4 is 4.74 Å². The van der Waals surface area contributed by atoms with E-state index in [0.29, 0.717) is 23.2 Å². The Hall–Kier alpha value is -1.83. The lowest BCUT2D eigenvalue weighted by Crippen LogP contribution is -2.76. The number of aliphatic hydroxyl groups is 2. The summed E-state index contributed by atoms with van der Waals surface area (Å²) in [4.78, 5) is 12.1. The molecule has 3 aliphatic carbocycles. The minimum Gasteiger partial charge on any atom is -0.504 e. The number of carbonyl (C=O) groups is 1. The van der Waals surface area contributed by atoms with Gasteiger partial charge in [0.05, 0.1) is 25.6 Å². The van der Waals surface area contributed by atoms with Crippen LogP contribution in [0.2, 0.25) is 0 Å². The van der Waals surface area contributed by atoms with Crippen LogP contribution in [0.4, 0.5) is 0 Å². The zero-order chi connectivity index (χ0) is 19.7. The summed E-state index contributed by atoms with van der Waals surface area (Å²) in [6.07, 6.45) is 2.22. The predicted molar refractivity (Wildman–Crippen MR) is 97.1 cm³/mol. The van der Waals surface area contributed by atoms with E-state index in [0.717, 1.165) is 24.2 Å². The third kappa shape index (κ3) is 1.63. The summed E-state index contributed by atoms with van der Waals surface area (Å²) in [6.45, 7) is 1.77. The molecule has 7 heteroatoms. The summed E-state index contributed by atoms with van der Waals surface area (Å²) in [5.41, 5.74) is -2.84. The molecule has 4 N–H and O–H groups in total. The van der Waals surface area contributed by atoms with Crippen LogP contribution in [-0.2, 0) is 16.6 Å². The van der Waals surface area contributed by atoms with Crippen molar-refractivity contribution in [1.82, 2.24) is 0 Å². The molecule has 1 saturated heterocycles. The predicted octanol–water partition coefficient (Wildman–Crippen LogP) is 0.526. The highest BCUT2D eigenvalue weighted by Crippen LogP contribution is 2.70. The molecule has 150 valence electrons. The maximum atomic E-state index is 12.2. The first kappa shape index (κ1) is 17.1. The van der Waals surface area contributed by atoms with Gasteiger partial charge in [0.2, 0.25) is 5.60 Å². The van der Waals surface area contributed by atoms with Crippen molar-refractivity contribution in [3.8, 4) is 11.5 Å². The van der Waals surface area contributed by atoms with E-state index in [1.54, 1.807) is 6.07 Å². The number of carboxylic acid groups (broad SMARTS) is 1. The molecule has 2 bridgehead atoms. The van der Waals surface area contributed by atoms with Gasteiger partial charge in [-0.05, 0) is 24.5 Å². The van der Waals surface area contributed by atoms with Crippen molar-refractivity contribution >= 4 is 5.97 Å². The number of aromatic hydroxyl groups is 1. The lowest BCUT2D eigenvalue weighted by atomic mass is 9.55. The summed E-state index contributed by atoms with van der Waals surface area (Å²) in [5.74, 6) is -0.519. The van der Waals surface area contributed by atoms with E-state index in [1.807, 2.05) is 6.07 Å². The highest BCUT2D eigenvalue weighted by atomic mass is 16.5. The van der Waals surface area contributed by atoms with Crippen LogP contribution in [0.15, 0.2) is 12.1 Å². The number of quaternary nitrogens is 1. The van der Waals surface area contributed by atoms with E-state index in [1.165, 1.54) is 12.8 Å². The first-order chi connectivity index (χ1) is 13.2. The SMILES string of the molecule is C[N+]1(CC2CC2)CCC23c4c5ccc(O)c4O[C@H]2C(O)(C(=O)O)CC3(O)C1C5. The number of rotatable bonds is 3. The van der Waals surface area contributed by atoms with Crippen molar-refractivity contribution in [2.45, 2.75) is 60.9 Å². The van der Waals surface area contributed by atoms with E-state index in [4.69, 9.17) is 4.74 Å². The molecule has 2 heterocycles. The number of aliphatic carboxylic acids is 1. The van der Waals surface area contributed by atoms with E-state index in [9.17, 15) is 25.2 Å². The van der Waals surface area contributed by atoms with Crippen LogP contribution in [0, 0.1) is 5.92 Å². The molecule has 0 aromatic heterocycles. The Bertz CT molecular complexity index is 930. The molecule has 0 radical (unpaired) electrons. The first-order valence-electron chi connectivity index (χ1n) is 10.2. The third-order valence-electron chi connectivity index (χ3n) is 8.57. The molecular weight excluding hydrogens is 362 g/mol. The molecule has 28 heavy (non-hydrogen) atoms. The number of likely N-dealkylation sites (tertiary alicyclic amines) is 1. The van der Waals surface area contributed by atoms with Gasteiger partial charge in [0.25, 0.3) is 0 Å². The molecule has 1 spiro atoms. The molecule has 1 aromatic carbocycles. The van der Waals surface area contributed by atoms with Gasteiger partial charge in [-0.1, -0.05) is 6.07 Å². The molecular formula is C21H26NO6+. The molecule has 2 saturated carbocycles. The van der Waals surface area contributed by atoms with E-state index < -0.39 is 28.7 Å². The van der Waals surface area contributed by atoms with Gasteiger partial charge in [0.15, 0.2) is 17.6 Å². The third-order valence-corrected chi connectivity index (χ3v) is 8.57. The fraction of sp³-hybridized carbons (Fsp3) is 0.667. The van der Waals surface area contributed by atoms with Gasteiger partial charge in [0.1, 0.15) is 11.6 Å². The Labute approximate surface area is 162 Å². The van der Waals surface area contributed by atoms with E-state index in [-0.39, 0.29) is 24.0 Å². The number of ether oxygens (including phenoxy) is 1. The fourth-order valence-corrected chi connectivity index (χ4v) is 7.24. The van der Waals surface area contributed by atoms with Gasteiger partial charge in [-0.15, -0.1) is 0 Å². The van der Waals surface area contributed by atoms with Crippen molar-refractivity contribution in [2.75, 3.05) is 20.1 Å². The normalized spacial score (nSPS) is 47.5. The van der Waals surface area contributed by atoms with Gasteiger partial charge >= 0.3 is 5.97 Å². The van der Waals surface area contributed by atoms with Crippen LogP contribution in [0.3, 0.4) is 0 Å². The summed E-state index contributed by atoms with van der Waals surface area (Å²) >= 11 is 0. The van der Waals surface area contributed by atoms with E-state index >= 15 is 0 Å². The zero-order valence-electron chi connectivity index (χ0n) is 15.9. The van der Waals surface area contributed by atoms with Crippen molar-refractivity contribution in [3.05, 3.63) is 23.3 Å². The topological polar surface area (TPSA) is 107 Å². The van der Waals surface area contributed by atoms with Crippen LogP contribution in [0.1, 0.15) is 36.8 Å². The van der Waals surface area contributed by atoms with Gasteiger partial charge in [0, 0.05) is 30.7 Å². The van der Waals surface area contributed by atoms with Gasteiger partial charge in [-0.25, -0.2) is 4.79 Å². The first-order valence-corrected chi connectivity index (χ1v) is 10.2. The zero-order valence-corrected chi connectivity index (χ0v) is 15.9. The second kappa shape index (κ2) is 4.66. The van der Waals surface area contributed by atoms with Crippen LogP contribution in [0.5, 0.6) is 11.5 Å². The Morgan fingerprint density at radius 2 is 2.07 bits per heavy atom. The fourth-order valence-electron chi connectivity index (χ4n) is 7.24. The largest absolute Gasteiger partial charge is 0.504 e. The number of hydrogen-bond acceptors (Lipinski definition) is 5. The lowest BCUT2D eigenvalue weighted by molar-refractivity contribution is -0.950. The van der Waals surface area contributed by atoms with E-state index in [2.05, 4.69) is 7.05 Å². The maximum Gasteiger partial charge on any atom is 0.339 e. The van der Waals surface area contributed by atoms with Gasteiger partial charge in [-0.2, -0.15) is 0 Å². The quantitative estimate of drug-likeness (QED) is 0.563. The number of hydrogen-bond donors (Lipinski definition) is 4. The van der Waals surface area contributed by atoms with Crippen LogP contribution in [0.25, 0.3) is 0 Å². The Morgan fingerprint density at radius 3 is 2.75 bits per heavy atom. The summed E-state index contributed by atoms with van der Waals surface area (Å²) in [5, 5.41) is 43.7. The number of carboxylic acids is 1. The maximum absolute atomic E-state index is 12.2. The highest BCUT2D eigenvalue weighted by Gasteiger charge is 2.84. The van der Waals surface area contributed by atoms with Gasteiger partial charge in [-0.3, -0.25) is 0 Å². The number of benzene rings is 1. The van der Waals surface area contributed by atoms with Crippen LogP contribution in [-0.4, -0.2) is 74.4 Å². The minimum absolute atomic E-state index is 0.0585. The molecule has 6 rings (SSSR count). The van der Waals surface area contributed by atoms with Crippen molar-refractivity contribution in [2.24, 2.45) is 5.92 Å². The molecule has 0 amide bonds. The smallest absolute Gasteiger partial charge is 0.339 e. The molecule has 3 fully saturated rings. The average Bonchev–Trinajstić information content (AvgIpc) is 3.29. The molecule has 1 aromatic rings. The number of piperidine rings is 1. The number of phenols is 1. The molecule has 2 aliphatic heterocycles. The molecule has 7 nitrogen and oxygen atoms in total. The summed E-state index contributed by atoms with van der Waals surface area (Å²) in [7, 11) is 2.17. The minimum atomic E-state index is -2.19. The molecule has 5 aliphatic rings. The second-order valence-electron chi connectivity index (χ2n) is 10.0. The van der Waals surface area contributed by atoms with Crippen molar-refractivity contribution < 1.29 is 34.4 Å². The number of likely N-dealkylation sites (N-methyl/N-ethyl adjacent to an activating group) is 1. The Kier molecular flexibility index (Phi) is 2.84. The second-order valence-corrected chi connectivity index (χ2v) is 10.0. The number of phenolic OH excluding ortho intramolecular Hbond substituents is 1. The number of nitrogens with zero attached hydrogens (tertiary/aromatic N) is 1. The molecule has 6 atom stereocenters. The summed E-state index contributed by atoms with van der Waals surface area (Å²) in [6, 6.07) is 3.25. The van der Waals surface area contributed by atoms with Crippen molar-refractivity contribution in [3.63, 3.8) is 0 Å². The van der Waals surface area contributed by atoms with Crippen LogP contribution >= 0.6 is 0 Å².